The van der Waals surface area contributed by atoms with Crippen molar-refractivity contribution in [1.29, 1.82) is 0 Å². The summed E-state index contributed by atoms with van der Waals surface area (Å²) in [7, 11) is 8.13. The fourth-order valence-electron chi connectivity index (χ4n) is 4.12. The van der Waals surface area contributed by atoms with Crippen LogP contribution in [0.25, 0.3) is 5.70 Å². The Bertz CT molecular complexity index is 1280. The fraction of sp³-hybridized carbons (Fsp3) is 0.308. The number of hydrogen-bond acceptors (Lipinski definition) is 9. The Kier molecular flexibility index (Phi) is 7.28. The maximum atomic E-state index is 5.74. The Labute approximate surface area is 218 Å². The van der Waals surface area contributed by atoms with E-state index in [0.29, 0.717) is 11.9 Å². The van der Waals surface area contributed by atoms with Crippen LogP contribution in [0.2, 0.25) is 0 Å². The second kappa shape index (κ2) is 10.2. The van der Waals surface area contributed by atoms with E-state index in [1.165, 1.54) is 12.0 Å². The molecule has 9 heteroatoms. The summed E-state index contributed by atoms with van der Waals surface area (Å²) in [6, 6.07) is 6.21. The third kappa shape index (κ3) is 4.83. The maximum absolute atomic E-state index is 5.74. The van der Waals surface area contributed by atoms with Crippen molar-refractivity contribution in [3.05, 3.63) is 64.7 Å². The molecule has 182 valence electrons. The molecule has 3 heterocycles. The van der Waals surface area contributed by atoms with E-state index >= 15 is 0 Å². The van der Waals surface area contributed by atoms with Crippen LogP contribution in [0, 0.1) is 0 Å². The standard InChI is InChI=1S/C24H25N7S2.C2H6/c1-29(2)14-5-7-17(21(32)11-14)19-9-16-10-20(18-8-6-15(30(3)4)12-22(18)33)28-24-26-13-25-23(27-19)31(16)24;1-2/h5,7,9-13,32H,6,8H2,1-4H3,(H,25,26,27,28);1-2H3/b20-18-;. The van der Waals surface area contributed by atoms with Gasteiger partial charge < -0.3 is 15.1 Å². The summed E-state index contributed by atoms with van der Waals surface area (Å²) in [5.74, 6) is 1.25. The normalized spacial score (nSPS) is 20.3. The van der Waals surface area contributed by atoms with Crippen molar-refractivity contribution in [1.82, 2.24) is 15.1 Å². The van der Waals surface area contributed by atoms with E-state index in [-0.39, 0.29) is 0 Å². The third-order valence-electron chi connectivity index (χ3n) is 5.96. The number of benzene rings is 1. The van der Waals surface area contributed by atoms with Crippen LogP contribution in [0.1, 0.15) is 32.3 Å². The summed E-state index contributed by atoms with van der Waals surface area (Å²) in [5.41, 5.74) is 7.14. The smallest absolute Gasteiger partial charge is 0.239 e. The van der Waals surface area contributed by atoms with E-state index in [1.807, 2.05) is 46.9 Å². The highest BCUT2D eigenvalue weighted by Crippen LogP contribution is 2.34. The van der Waals surface area contributed by atoms with Gasteiger partial charge in [-0.15, -0.1) is 12.6 Å². The first-order chi connectivity index (χ1) is 16.8. The molecule has 0 radical (unpaired) electrons. The van der Waals surface area contributed by atoms with Crippen LogP contribution < -0.4 is 10.2 Å². The van der Waals surface area contributed by atoms with E-state index in [1.54, 1.807) is 0 Å². The molecule has 7 nitrogen and oxygen atoms in total. The van der Waals surface area contributed by atoms with Gasteiger partial charge in [-0.1, -0.05) is 26.1 Å². The Morgan fingerprint density at radius 2 is 1.80 bits per heavy atom. The van der Waals surface area contributed by atoms with Crippen molar-refractivity contribution in [2.75, 3.05) is 33.1 Å². The first-order valence-electron chi connectivity index (χ1n) is 11.7. The average Bonchev–Trinajstić information content (AvgIpc) is 2.85. The Hall–Kier alpha value is -3.17. The van der Waals surface area contributed by atoms with Gasteiger partial charge in [0.25, 0.3) is 0 Å². The number of nitrogens with one attached hydrogen (secondary N) is 1. The molecular formula is C26H31N7S2. The van der Waals surface area contributed by atoms with Crippen molar-refractivity contribution >= 4 is 59.4 Å². The van der Waals surface area contributed by atoms with Gasteiger partial charge >= 0.3 is 0 Å². The lowest BCUT2D eigenvalue weighted by atomic mass is 9.95. The third-order valence-corrected chi connectivity index (χ3v) is 6.70. The molecule has 1 aromatic rings. The van der Waals surface area contributed by atoms with Gasteiger partial charge in [-0.25, -0.2) is 19.9 Å². The number of rotatable bonds is 3. The molecule has 0 aromatic heterocycles. The molecular weight excluding hydrogens is 474 g/mol. The molecule has 0 unspecified atom stereocenters. The summed E-state index contributed by atoms with van der Waals surface area (Å²) in [6.07, 6.45) is 9.56. The van der Waals surface area contributed by atoms with Crippen molar-refractivity contribution < 1.29 is 0 Å². The van der Waals surface area contributed by atoms with Gasteiger partial charge in [0.1, 0.15) is 6.34 Å². The number of hydrogen-bond donors (Lipinski definition) is 2. The number of aliphatic imine (C=N–C) groups is 3. The van der Waals surface area contributed by atoms with Gasteiger partial charge in [-0.2, -0.15) is 0 Å². The van der Waals surface area contributed by atoms with Crippen molar-refractivity contribution in [2.45, 2.75) is 31.6 Å². The Balaban J connectivity index is 0.00000141. The fourth-order valence-corrected chi connectivity index (χ4v) is 4.79. The van der Waals surface area contributed by atoms with Crippen LogP contribution >= 0.6 is 24.8 Å². The molecule has 0 saturated heterocycles. The predicted octanol–water partition coefficient (Wildman–Crippen LogP) is 4.83. The zero-order valence-electron chi connectivity index (χ0n) is 21.0. The lowest BCUT2D eigenvalue weighted by Gasteiger charge is -2.35. The summed E-state index contributed by atoms with van der Waals surface area (Å²) in [4.78, 5) is 21.5. The van der Waals surface area contributed by atoms with Gasteiger partial charge in [-0.05, 0) is 54.8 Å². The predicted molar refractivity (Wildman–Crippen MR) is 154 cm³/mol. The van der Waals surface area contributed by atoms with Gasteiger partial charge in [0.2, 0.25) is 11.9 Å². The van der Waals surface area contributed by atoms with Crippen LogP contribution in [0.4, 0.5) is 5.69 Å². The molecule has 35 heavy (non-hydrogen) atoms. The molecule has 0 fully saturated rings. The second-order valence-electron chi connectivity index (χ2n) is 8.55. The van der Waals surface area contributed by atoms with Gasteiger partial charge in [-0.3, -0.25) is 0 Å². The van der Waals surface area contributed by atoms with Gasteiger partial charge in [0.15, 0.2) is 0 Å². The van der Waals surface area contributed by atoms with Crippen LogP contribution in [0.3, 0.4) is 0 Å². The van der Waals surface area contributed by atoms with Crippen LogP contribution in [-0.4, -0.2) is 61.1 Å². The molecule has 0 amide bonds. The SMILES string of the molecule is CC.CN(C)C1=CC(=S)/C(=C2/C=C3C=C(c4ccc(N(C)C)cc4S)NC4=NC=NC(=N2)N34)CC1. The highest BCUT2D eigenvalue weighted by molar-refractivity contribution is 7.81. The lowest BCUT2D eigenvalue weighted by molar-refractivity contribution is 0.486. The first-order valence-corrected chi connectivity index (χ1v) is 12.5. The zero-order chi connectivity index (χ0) is 25.3. The quantitative estimate of drug-likeness (QED) is 0.350. The Morgan fingerprint density at radius 3 is 2.46 bits per heavy atom. The molecule has 1 N–H and O–H groups in total. The van der Waals surface area contributed by atoms with E-state index in [4.69, 9.17) is 29.8 Å². The van der Waals surface area contributed by atoms with Crippen molar-refractivity contribution in [3.63, 3.8) is 0 Å². The lowest BCUT2D eigenvalue weighted by Crippen LogP contribution is -2.48. The molecule has 1 aromatic carbocycles. The molecule has 1 aliphatic carbocycles. The van der Waals surface area contributed by atoms with Crippen LogP contribution in [-0.2, 0) is 0 Å². The second-order valence-corrected chi connectivity index (χ2v) is 9.47. The Morgan fingerprint density at radius 1 is 1.03 bits per heavy atom. The van der Waals surface area contributed by atoms with Crippen LogP contribution in [0.5, 0.6) is 0 Å². The number of nitrogens with zero attached hydrogens (tertiary/aromatic N) is 6. The summed E-state index contributed by atoms with van der Waals surface area (Å²) >= 11 is 10.5. The highest BCUT2D eigenvalue weighted by Gasteiger charge is 2.32. The van der Waals surface area contributed by atoms with E-state index in [0.717, 1.165) is 56.5 Å². The highest BCUT2D eigenvalue weighted by atomic mass is 32.1. The molecule has 0 spiro atoms. The number of allylic oxidation sites excluding steroid dienone is 5. The molecule has 0 atom stereocenters. The summed E-state index contributed by atoms with van der Waals surface area (Å²) in [5, 5.41) is 3.42. The maximum Gasteiger partial charge on any atom is 0.239 e. The zero-order valence-corrected chi connectivity index (χ0v) is 22.7. The van der Waals surface area contributed by atoms with Gasteiger partial charge in [0.05, 0.1) is 17.1 Å². The van der Waals surface area contributed by atoms with Crippen molar-refractivity contribution in [2.24, 2.45) is 15.0 Å². The number of thiol groups is 1. The minimum Gasteiger partial charge on any atom is -0.381 e. The summed E-state index contributed by atoms with van der Waals surface area (Å²) in [6.45, 7) is 4.00. The number of guanidine groups is 2. The van der Waals surface area contributed by atoms with E-state index < -0.39 is 0 Å². The van der Waals surface area contributed by atoms with Gasteiger partial charge in [0, 0.05) is 54.9 Å². The minimum absolute atomic E-state index is 0.585. The first kappa shape index (κ1) is 24.9. The van der Waals surface area contributed by atoms with Crippen molar-refractivity contribution in [3.8, 4) is 0 Å². The number of thiocarbonyl (C=S) groups is 1. The topological polar surface area (TPSA) is 58.8 Å². The molecule has 5 rings (SSSR count). The van der Waals surface area contributed by atoms with E-state index in [9.17, 15) is 0 Å². The minimum atomic E-state index is 0.585. The largest absolute Gasteiger partial charge is 0.381 e. The monoisotopic (exact) mass is 505 g/mol. The molecule has 4 aliphatic rings. The van der Waals surface area contributed by atoms with Crippen LogP contribution in [0.15, 0.2) is 79.0 Å². The molecule has 3 aliphatic heterocycles. The van der Waals surface area contributed by atoms with E-state index in [2.05, 4.69) is 61.5 Å². The molecule has 0 bridgehead atoms. The average molecular weight is 506 g/mol. The number of anilines is 1. The summed E-state index contributed by atoms with van der Waals surface area (Å²) < 4.78 is 0. The molecule has 0 saturated carbocycles.